The number of methoxy groups -OCH3 is 1. The number of esters is 2. The van der Waals surface area contributed by atoms with E-state index in [1.807, 2.05) is 0 Å². The summed E-state index contributed by atoms with van der Waals surface area (Å²) in [6.07, 6.45) is -3.48. The number of hydrogen-bond acceptors (Lipinski definition) is 9. The number of benzene rings is 1. The molecule has 1 aliphatic rings. The van der Waals surface area contributed by atoms with Gasteiger partial charge in [-0.15, -0.1) is 0 Å². The number of allylic oxidation sites excluding steroid dienone is 1. The standard InChI is InChI=1S/C25H25Cl2F3N4O5/c1-4-39-24(36)21-16(11-38-9-8-31-18-10-17(26)32-12-33-18)34-13(2)19(23(35)37-3)20(21)14-6-5-7-15(22(14)27)25(28,29)30/h5-7,10,12,20,34H,4,8-9,11H2,1-3H3,(H,31,32,33). The number of alkyl halides is 3. The minimum absolute atomic E-state index is 0.0266. The SMILES string of the molecule is CCOC(=O)C1=C(COCCNc2cc(Cl)ncn2)NC(C)=C(C(=O)OC)C1c1cccc(C(F)(F)F)c1Cl. The highest BCUT2D eigenvalue weighted by molar-refractivity contribution is 6.32. The maximum absolute atomic E-state index is 13.7. The maximum atomic E-state index is 13.7. The van der Waals surface area contributed by atoms with Crippen molar-refractivity contribution in [2.45, 2.75) is 25.9 Å². The van der Waals surface area contributed by atoms with Gasteiger partial charge in [-0.2, -0.15) is 13.2 Å². The molecule has 210 valence electrons. The molecule has 9 nitrogen and oxygen atoms in total. The van der Waals surface area contributed by atoms with Gasteiger partial charge in [-0.05, 0) is 25.5 Å². The van der Waals surface area contributed by atoms with Crippen LogP contribution in [-0.4, -0.2) is 55.4 Å². The predicted molar refractivity (Wildman–Crippen MR) is 137 cm³/mol. The predicted octanol–water partition coefficient (Wildman–Crippen LogP) is 4.88. The van der Waals surface area contributed by atoms with Gasteiger partial charge in [0, 0.05) is 18.3 Å². The van der Waals surface area contributed by atoms with E-state index in [4.69, 9.17) is 37.4 Å². The van der Waals surface area contributed by atoms with Gasteiger partial charge in [0.25, 0.3) is 0 Å². The number of rotatable bonds is 10. The molecule has 1 aromatic carbocycles. The van der Waals surface area contributed by atoms with E-state index in [1.165, 1.54) is 25.4 Å². The third kappa shape index (κ3) is 7.20. The molecule has 1 unspecified atom stereocenters. The van der Waals surface area contributed by atoms with E-state index >= 15 is 0 Å². The second kappa shape index (κ2) is 13.1. The summed E-state index contributed by atoms with van der Waals surface area (Å²) < 4.78 is 56.9. The van der Waals surface area contributed by atoms with Crippen molar-refractivity contribution in [1.82, 2.24) is 15.3 Å². The number of halogens is 5. The van der Waals surface area contributed by atoms with Gasteiger partial charge in [-0.1, -0.05) is 35.3 Å². The molecular formula is C25H25Cl2F3N4O5. The molecule has 14 heteroatoms. The zero-order chi connectivity index (χ0) is 28.7. The second-order valence-electron chi connectivity index (χ2n) is 8.11. The molecule has 1 aliphatic heterocycles. The fraction of sp³-hybridized carbons (Fsp3) is 0.360. The fourth-order valence-corrected chi connectivity index (χ4v) is 4.49. The molecule has 1 atom stereocenters. The van der Waals surface area contributed by atoms with Gasteiger partial charge in [-0.3, -0.25) is 0 Å². The summed E-state index contributed by atoms with van der Waals surface area (Å²) in [4.78, 5) is 33.8. The Morgan fingerprint density at radius 2 is 1.90 bits per heavy atom. The number of anilines is 1. The first-order chi connectivity index (χ1) is 18.5. The minimum atomic E-state index is -4.77. The molecule has 0 bridgehead atoms. The number of carbonyl (C=O) groups excluding carboxylic acids is 2. The first-order valence-electron chi connectivity index (χ1n) is 11.6. The summed E-state index contributed by atoms with van der Waals surface area (Å²) >= 11 is 12.1. The van der Waals surface area contributed by atoms with Gasteiger partial charge in [-0.25, -0.2) is 19.6 Å². The average Bonchev–Trinajstić information content (AvgIpc) is 2.87. The molecule has 0 fully saturated rings. The number of carbonyl (C=O) groups is 2. The third-order valence-corrected chi connectivity index (χ3v) is 6.25. The van der Waals surface area contributed by atoms with Crippen molar-refractivity contribution in [2.75, 3.05) is 38.8 Å². The van der Waals surface area contributed by atoms with Crippen LogP contribution in [-0.2, 0) is 30.0 Å². The van der Waals surface area contributed by atoms with E-state index in [0.29, 0.717) is 12.4 Å². The normalized spacial score (nSPS) is 15.6. The zero-order valence-corrected chi connectivity index (χ0v) is 22.6. The van der Waals surface area contributed by atoms with Crippen LogP contribution in [0.2, 0.25) is 10.2 Å². The molecule has 0 amide bonds. The molecule has 0 saturated carbocycles. The van der Waals surface area contributed by atoms with E-state index in [-0.39, 0.29) is 53.1 Å². The van der Waals surface area contributed by atoms with E-state index < -0.39 is 34.6 Å². The lowest BCUT2D eigenvalue weighted by atomic mass is 9.79. The lowest BCUT2D eigenvalue weighted by Gasteiger charge is -2.32. The quantitative estimate of drug-likeness (QED) is 0.228. The van der Waals surface area contributed by atoms with Gasteiger partial charge in [0.1, 0.15) is 17.3 Å². The Hall–Kier alpha value is -3.35. The molecular weight excluding hydrogens is 564 g/mol. The molecule has 0 radical (unpaired) electrons. The highest BCUT2D eigenvalue weighted by Crippen LogP contribution is 2.45. The van der Waals surface area contributed by atoms with Gasteiger partial charge in [0.05, 0.1) is 60.3 Å². The Bertz CT molecular complexity index is 1300. The lowest BCUT2D eigenvalue weighted by Crippen LogP contribution is -2.35. The summed E-state index contributed by atoms with van der Waals surface area (Å²) in [5.41, 5.74) is -0.995. The highest BCUT2D eigenvalue weighted by atomic mass is 35.5. The molecule has 39 heavy (non-hydrogen) atoms. The largest absolute Gasteiger partial charge is 0.466 e. The van der Waals surface area contributed by atoms with Crippen molar-refractivity contribution in [3.8, 4) is 0 Å². The van der Waals surface area contributed by atoms with Crippen LogP contribution in [0.4, 0.5) is 19.0 Å². The summed E-state index contributed by atoms with van der Waals surface area (Å²) in [6.45, 7) is 3.36. The maximum Gasteiger partial charge on any atom is 0.417 e. The van der Waals surface area contributed by atoms with Crippen LogP contribution < -0.4 is 10.6 Å². The molecule has 2 aromatic rings. The average molecular weight is 589 g/mol. The lowest BCUT2D eigenvalue weighted by molar-refractivity contribution is -0.139. The van der Waals surface area contributed by atoms with Crippen molar-refractivity contribution in [3.63, 3.8) is 0 Å². The molecule has 2 heterocycles. The van der Waals surface area contributed by atoms with Crippen LogP contribution >= 0.6 is 23.2 Å². The fourth-order valence-electron chi connectivity index (χ4n) is 4.00. The molecule has 0 aliphatic carbocycles. The monoisotopic (exact) mass is 588 g/mol. The summed E-state index contributed by atoms with van der Waals surface area (Å²) in [5.74, 6) is -2.56. The summed E-state index contributed by atoms with van der Waals surface area (Å²) in [7, 11) is 1.12. The third-order valence-electron chi connectivity index (χ3n) is 5.62. The van der Waals surface area contributed by atoms with Crippen LogP contribution in [0.3, 0.4) is 0 Å². The summed E-state index contributed by atoms with van der Waals surface area (Å²) in [6, 6.07) is 4.81. The minimum Gasteiger partial charge on any atom is -0.466 e. The number of dihydropyridines is 1. The van der Waals surface area contributed by atoms with Crippen LogP contribution in [0.15, 0.2) is 53.1 Å². The van der Waals surface area contributed by atoms with E-state index in [2.05, 4.69) is 20.6 Å². The number of nitrogens with one attached hydrogen (secondary N) is 2. The number of aromatic nitrogens is 2. The Balaban J connectivity index is 2.00. The van der Waals surface area contributed by atoms with Gasteiger partial charge < -0.3 is 24.8 Å². The van der Waals surface area contributed by atoms with Gasteiger partial charge >= 0.3 is 18.1 Å². The van der Waals surface area contributed by atoms with E-state index in [0.717, 1.165) is 19.2 Å². The van der Waals surface area contributed by atoms with Crippen LogP contribution in [0.5, 0.6) is 0 Å². The van der Waals surface area contributed by atoms with Crippen molar-refractivity contribution < 1.29 is 37.0 Å². The number of ether oxygens (including phenoxy) is 3. The van der Waals surface area contributed by atoms with Crippen LogP contribution in [0.1, 0.15) is 30.9 Å². The first kappa shape index (κ1) is 30.2. The summed E-state index contributed by atoms with van der Waals surface area (Å²) in [5, 5.41) is 5.56. The number of nitrogens with zero attached hydrogens (tertiary/aromatic N) is 2. The topological polar surface area (TPSA) is 112 Å². The Kier molecular flexibility index (Phi) is 10.2. The number of hydrogen-bond donors (Lipinski definition) is 2. The van der Waals surface area contributed by atoms with Crippen LogP contribution in [0, 0.1) is 0 Å². The second-order valence-corrected chi connectivity index (χ2v) is 8.88. The molecule has 0 saturated heterocycles. The molecule has 2 N–H and O–H groups in total. The van der Waals surface area contributed by atoms with Crippen molar-refractivity contribution >= 4 is 41.0 Å². The smallest absolute Gasteiger partial charge is 0.417 e. The van der Waals surface area contributed by atoms with E-state index in [1.54, 1.807) is 6.92 Å². The Labute approximate surface area is 232 Å². The van der Waals surface area contributed by atoms with Crippen molar-refractivity contribution in [1.29, 1.82) is 0 Å². The molecule has 0 spiro atoms. The van der Waals surface area contributed by atoms with Gasteiger partial charge in [0.2, 0.25) is 0 Å². The molecule has 3 rings (SSSR count). The van der Waals surface area contributed by atoms with Gasteiger partial charge in [0.15, 0.2) is 0 Å². The van der Waals surface area contributed by atoms with E-state index in [9.17, 15) is 22.8 Å². The molecule has 1 aromatic heterocycles. The Morgan fingerprint density at radius 1 is 1.15 bits per heavy atom. The van der Waals surface area contributed by atoms with Crippen molar-refractivity contribution in [2.24, 2.45) is 0 Å². The van der Waals surface area contributed by atoms with Crippen LogP contribution in [0.25, 0.3) is 0 Å². The Morgan fingerprint density at radius 3 is 2.54 bits per heavy atom. The first-order valence-corrected chi connectivity index (χ1v) is 12.4. The highest BCUT2D eigenvalue weighted by Gasteiger charge is 2.42. The zero-order valence-electron chi connectivity index (χ0n) is 21.1. The van der Waals surface area contributed by atoms with Crippen molar-refractivity contribution in [3.05, 3.63) is 74.4 Å².